The monoisotopic (exact) mass is 327 g/mol. The molecule has 1 N–H and O–H groups in total. The average Bonchev–Trinajstić information content (AvgIpc) is 2.79. The molecular weight excluding hydrogens is 314 g/mol. The lowest BCUT2D eigenvalue weighted by Crippen LogP contribution is -2.27. The lowest BCUT2D eigenvalue weighted by Gasteiger charge is -2.19. The molecule has 1 unspecified atom stereocenters. The average molecular weight is 328 g/mol. The van der Waals surface area contributed by atoms with E-state index in [0.717, 1.165) is 4.47 Å². The molecule has 1 saturated heterocycles. The summed E-state index contributed by atoms with van der Waals surface area (Å²) >= 11 is 3.29. The molecule has 0 bridgehead atoms. The number of amides is 1. The van der Waals surface area contributed by atoms with E-state index < -0.39 is 5.97 Å². The molecule has 1 amide bonds. The predicted molar refractivity (Wildman–Crippen MR) is 73.0 cm³/mol. The minimum absolute atomic E-state index is 0.0354. The largest absolute Gasteiger partial charge is 0.465 e. The van der Waals surface area contributed by atoms with Crippen molar-refractivity contribution in [2.45, 2.75) is 6.42 Å². The van der Waals surface area contributed by atoms with Gasteiger partial charge in [0.1, 0.15) is 0 Å². The zero-order valence-corrected chi connectivity index (χ0v) is 12.0. The van der Waals surface area contributed by atoms with E-state index in [-0.39, 0.29) is 18.4 Å². The summed E-state index contributed by atoms with van der Waals surface area (Å²) in [4.78, 5) is 25.2. The van der Waals surface area contributed by atoms with Gasteiger partial charge in [0.05, 0.1) is 18.4 Å². The van der Waals surface area contributed by atoms with Gasteiger partial charge in [-0.1, -0.05) is 15.9 Å². The number of carbonyl (C=O) groups excluding carboxylic acids is 2. The number of halogens is 1. The maximum atomic E-state index is 11.9. The second-order valence-electron chi connectivity index (χ2n) is 4.41. The molecule has 0 aromatic heterocycles. The Balaban J connectivity index is 2.39. The number of methoxy groups -OCH3 is 1. The molecule has 102 valence electrons. The number of carbonyl (C=O) groups is 2. The Labute approximate surface area is 119 Å². The van der Waals surface area contributed by atoms with Gasteiger partial charge in [0.2, 0.25) is 5.91 Å². The van der Waals surface area contributed by atoms with E-state index in [0.29, 0.717) is 24.2 Å². The lowest BCUT2D eigenvalue weighted by molar-refractivity contribution is -0.117. The van der Waals surface area contributed by atoms with Gasteiger partial charge < -0.3 is 14.7 Å². The van der Waals surface area contributed by atoms with Crippen molar-refractivity contribution in [3.05, 3.63) is 28.2 Å². The van der Waals surface area contributed by atoms with Gasteiger partial charge in [0, 0.05) is 30.0 Å². The minimum Gasteiger partial charge on any atom is -0.465 e. The number of benzene rings is 1. The van der Waals surface area contributed by atoms with Crippen molar-refractivity contribution in [2.75, 3.05) is 25.2 Å². The summed E-state index contributed by atoms with van der Waals surface area (Å²) in [5, 5.41) is 9.14. The molecule has 0 spiro atoms. The number of aliphatic hydroxyl groups is 1. The van der Waals surface area contributed by atoms with Crippen LogP contribution in [0.1, 0.15) is 16.8 Å². The van der Waals surface area contributed by atoms with Crippen molar-refractivity contribution < 1.29 is 19.4 Å². The smallest absolute Gasteiger partial charge is 0.340 e. The van der Waals surface area contributed by atoms with Gasteiger partial charge in [-0.3, -0.25) is 4.79 Å². The van der Waals surface area contributed by atoms with E-state index >= 15 is 0 Å². The highest BCUT2D eigenvalue weighted by molar-refractivity contribution is 9.10. The number of nitrogens with zero attached hydrogens (tertiary/aromatic N) is 1. The van der Waals surface area contributed by atoms with Crippen LogP contribution in [-0.4, -0.2) is 37.2 Å². The van der Waals surface area contributed by atoms with Gasteiger partial charge in [-0.05, 0) is 18.2 Å². The number of esters is 1. The van der Waals surface area contributed by atoms with Crippen molar-refractivity contribution >= 4 is 33.5 Å². The molecule has 0 saturated carbocycles. The van der Waals surface area contributed by atoms with E-state index in [1.54, 1.807) is 18.2 Å². The number of anilines is 1. The van der Waals surface area contributed by atoms with Gasteiger partial charge >= 0.3 is 5.97 Å². The predicted octanol–water partition coefficient (Wildman–Crippen LogP) is 1.58. The lowest BCUT2D eigenvalue weighted by atomic mass is 10.1. The van der Waals surface area contributed by atoms with E-state index in [2.05, 4.69) is 15.9 Å². The topological polar surface area (TPSA) is 66.8 Å². The molecule has 6 heteroatoms. The number of hydrogen-bond acceptors (Lipinski definition) is 4. The van der Waals surface area contributed by atoms with Crippen molar-refractivity contribution in [1.29, 1.82) is 0 Å². The first-order valence-corrected chi connectivity index (χ1v) is 6.65. The normalized spacial score (nSPS) is 18.8. The molecule has 1 aliphatic rings. The maximum absolute atomic E-state index is 11.9. The Morgan fingerprint density at radius 2 is 2.32 bits per heavy atom. The first kappa shape index (κ1) is 14.0. The number of ether oxygens (including phenoxy) is 1. The fourth-order valence-electron chi connectivity index (χ4n) is 2.15. The van der Waals surface area contributed by atoms with Crippen LogP contribution in [0.15, 0.2) is 22.7 Å². The number of hydrogen-bond donors (Lipinski definition) is 1. The summed E-state index contributed by atoms with van der Waals surface area (Å²) in [6.45, 7) is 0.382. The zero-order chi connectivity index (χ0) is 14.0. The molecular formula is C13H14BrNO4. The van der Waals surface area contributed by atoms with Gasteiger partial charge in [-0.25, -0.2) is 4.79 Å². The van der Waals surface area contributed by atoms with Crippen LogP contribution >= 0.6 is 15.9 Å². The van der Waals surface area contributed by atoms with E-state index in [1.807, 2.05) is 0 Å². The Morgan fingerprint density at radius 3 is 2.89 bits per heavy atom. The van der Waals surface area contributed by atoms with Crippen LogP contribution < -0.4 is 4.90 Å². The second-order valence-corrected chi connectivity index (χ2v) is 5.33. The standard InChI is InChI=1S/C13H14BrNO4/c1-19-13(18)10-5-9(14)2-3-11(10)15-6-8(7-16)4-12(15)17/h2-3,5,8,16H,4,6-7H2,1H3. The molecule has 0 aliphatic carbocycles. The van der Waals surface area contributed by atoms with E-state index in [4.69, 9.17) is 9.84 Å². The van der Waals surface area contributed by atoms with Crippen LogP contribution in [0, 0.1) is 5.92 Å². The first-order valence-electron chi connectivity index (χ1n) is 5.86. The second kappa shape index (κ2) is 5.71. The van der Waals surface area contributed by atoms with Crippen molar-refractivity contribution in [2.24, 2.45) is 5.92 Å². The Kier molecular flexibility index (Phi) is 4.21. The Morgan fingerprint density at radius 1 is 1.58 bits per heavy atom. The third-order valence-corrected chi connectivity index (χ3v) is 3.61. The van der Waals surface area contributed by atoms with Crippen LogP contribution in [0.25, 0.3) is 0 Å². The molecule has 19 heavy (non-hydrogen) atoms. The molecule has 1 fully saturated rings. The van der Waals surface area contributed by atoms with Crippen molar-refractivity contribution in [3.8, 4) is 0 Å². The van der Waals surface area contributed by atoms with E-state index in [1.165, 1.54) is 12.0 Å². The molecule has 1 heterocycles. The fourth-order valence-corrected chi connectivity index (χ4v) is 2.51. The van der Waals surface area contributed by atoms with Crippen LogP contribution in [0.5, 0.6) is 0 Å². The van der Waals surface area contributed by atoms with E-state index in [9.17, 15) is 9.59 Å². The maximum Gasteiger partial charge on any atom is 0.340 e. The fraction of sp³-hybridized carbons (Fsp3) is 0.385. The quantitative estimate of drug-likeness (QED) is 0.856. The SMILES string of the molecule is COC(=O)c1cc(Br)ccc1N1CC(CO)CC1=O. The highest BCUT2D eigenvalue weighted by atomic mass is 79.9. The van der Waals surface area contributed by atoms with Crippen molar-refractivity contribution in [1.82, 2.24) is 0 Å². The summed E-state index contributed by atoms with van der Waals surface area (Å²) in [7, 11) is 1.30. The molecule has 1 atom stereocenters. The Bertz CT molecular complexity index is 517. The summed E-state index contributed by atoms with van der Waals surface area (Å²) in [6, 6.07) is 5.09. The van der Waals surface area contributed by atoms with Crippen LogP contribution in [0.4, 0.5) is 5.69 Å². The minimum atomic E-state index is -0.489. The highest BCUT2D eigenvalue weighted by Crippen LogP contribution is 2.30. The zero-order valence-electron chi connectivity index (χ0n) is 10.4. The van der Waals surface area contributed by atoms with Gasteiger partial charge in [-0.2, -0.15) is 0 Å². The number of aliphatic hydroxyl groups excluding tert-OH is 1. The molecule has 0 radical (unpaired) electrons. The summed E-state index contributed by atoms with van der Waals surface area (Å²) in [5.74, 6) is -0.662. The van der Waals surface area contributed by atoms with Crippen molar-refractivity contribution in [3.63, 3.8) is 0 Å². The van der Waals surface area contributed by atoms with Gasteiger partial charge in [-0.15, -0.1) is 0 Å². The molecule has 1 aromatic rings. The summed E-state index contributed by atoms with van der Waals surface area (Å²) in [5.41, 5.74) is 0.861. The highest BCUT2D eigenvalue weighted by Gasteiger charge is 2.32. The van der Waals surface area contributed by atoms with Gasteiger partial charge in [0.15, 0.2) is 0 Å². The van der Waals surface area contributed by atoms with Crippen LogP contribution in [0.3, 0.4) is 0 Å². The summed E-state index contributed by atoms with van der Waals surface area (Å²) < 4.78 is 5.47. The third kappa shape index (κ3) is 2.79. The molecule has 1 aliphatic heterocycles. The molecule has 2 rings (SSSR count). The molecule has 1 aromatic carbocycles. The Hall–Kier alpha value is -1.40. The van der Waals surface area contributed by atoms with Crippen LogP contribution in [-0.2, 0) is 9.53 Å². The number of rotatable bonds is 3. The molecule has 5 nitrogen and oxygen atoms in total. The summed E-state index contributed by atoms with van der Waals surface area (Å²) in [6.07, 6.45) is 0.299. The first-order chi connectivity index (χ1) is 9.06. The van der Waals surface area contributed by atoms with Gasteiger partial charge in [0.25, 0.3) is 0 Å². The third-order valence-electron chi connectivity index (χ3n) is 3.12. The van der Waals surface area contributed by atoms with Crippen LogP contribution in [0.2, 0.25) is 0 Å².